The first kappa shape index (κ1) is 13.4. The molecule has 0 atom stereocenters. The highest BCUT2D eigenvalue weighted by molar-refractivity contribution is 4.84. The zero-order valence-electron chi connectivity index (χ0n) is 11.5. The molecule has 0 unspecified atom stereocenters. The highest BCUT2D eigenvalue weighted by Gasteiger charge is 2.19. The fraction of sp³-hybridized carbons (Fsp3) is 0.917. The van der Waals surface area contributed by atoms with Gasteiger partial charge in [0.15, 0.2) is 5.82 Å². The molecule has 1 saturated heterocycles. The molecule has 1 aliphatic rings. The molecule has 1 fully saturated rings. The first-order valence-corrected chi connectivity index (χ1v) is 6.97. The fourth-order valence-electron chi connectivity index (χ4n) is 2.42. The minimum absolute atomic E-state index is 0.655. The number of hydrogen-bond donors (Lipinski definition) is 1. The number of rotatable bonds is 6. The van der Waals surface area contributed by atoms with Gasteiger partial charge in [-0.25, -0.2) is 4.68 Å². The SMILES string of the molecule is CCCCn1nnnc1CN(C)C1CCNCC1. The Hall–Kier alpha value is -1.01. The number of tetrazole rings is 1. The summed E-state index contributed by atoms with van der Waals surface area (Å²) >= 11 is 0. The van der Waals surface area contributed by atoms with Gasteiger partial charge in [0.25, 0.3) is 0 Å². The predicted molar refractivity (Wildman–Crippen MR) is 70.1 cm³/mol. The summed E-state index contributed by atoms with van der Waals surface area (Å²) in [5, 5.41) is 15.4. The van der Waals surface area contributed by atoms with Crippen molar-refractivity contribution in [1.29, 1.82) is 0 Å². The third kappa shape index (κ3) is 3.49. The Morgan fingerprint density at radius 3 is 2.89 bits per heavy atom. The number of aromatic nitrogens is 4. The van der Waals surface area contributed by atoms with Crippen LogP contribution in [0.5, 0.6) is 0 Å². The van der Waals surface area contributed by atoms with Crippen molar-refractivity contribution in [2.75, 3.05) is 20.1 Å². The molecule has 0 aromatic carbocycles. The normalized spacial score (nSPS) is 17.5. The van der Waals surface area contributed by atoms with Gasteiger partial charge < -0.3 is 5.32 Å². The van der Waals surface area contributed by atoms with E-state index in [4.69, 9.17) is 0 Å². The van der Waals surface area contributed by atoms with E-state index in [9.17, 15) is 0 Å². The monoisotopic (exact) mass is 252 g/mol. The zero-order chi connectivity index (χ0) is 12.8. The molecule has 6 nitrogen and oxygen atoms in total. The van der Waals surface area contributed by atoms with E-state index in [1.54, 1.807) is 0 Å². The first-order chi connectivity index (χ1) is 8.81. The average Bonchev–Trinajstić information content (AvgIpc) is 2.84. The summed E-state index contributed by atoms with van der Waals surface area (Å²) in [7, 11) is 2.18. The summed E-state index contributed by atoms with van der Waals surface area (Å²) in [4.78, 5) is 2.38. The first-order valence-electron chi connectivity index (χ1n) is 6.97. The summed E-state index contributed by atoms with van der Waals surface area (Å²) in [6.45, 7) is 6.21. The molecular formula is C12H24N6. The molecule has 0 aliphatic carbocycles. The molecule has 2 heterocycles. The molecule has 0 spiro atoms. The highest BCUT2D eigenvalue weighted by Crippen LogP contribution is 2.12. The van der Waals surface area contributed by atoms with E-state index in [2.05, 4.69) is 39.7 Å². The number of nitrogens with zero attached hydrogens (tertiary/aromatic N) is 5. The van der Waals surface area contributed by atoms with Crippen molar-refractivity contribution >= 4 is 0 Å². The summed E-state index contributed by atoms with van der Waals surface area (Å²) < 4.78 is 1.95. The van der Waals surface area contributed by atoms with Crippen molar-refractivity contribution in [1.82, 2.24) is 30.4 Å². The van der Waals surface area contributed by atoms with Gasteiger partial charge in [-0.2, -0.15) is 0 Å². The Morgan fingerprint density at radius 2 is 2.17 bits per heavy atom. The lowest BCUT2D eigenvalue weighted by atomic mass is 10.1. The van der Waals surface area contributed by atoms with Crippen molar-refractivity contribution in [2.45, 2.75) is 51.7 Å². The van der Waals surface area contributed by atoms with Crippen molar-refractivity contribution in [3.63, 3.8) is 0 Å². The highest BCUT2D eigenvalue weighted by atomic mass is 15.5. The summed E-state index contributed by atoms with van der Waals surface area (Å²) in [6, 6.07) is 0.655. The smallest absolute Gasteiger partial charge is 0.165 e. The Balaban J connectivity index is 1.89. The Morgan fingerprint density at radius 1 is 1.39 bits per heavy atom. The van der Waals surface area contributed by atoms with Gasteiger partial charge in [-0.3, -0.25) is 4.90 Å². The summed E-state index contributed by atoms with van der Waals surface area (Å²) in [6.07, 6.45) is 4.73. The van der Waals surface area contributed by atoms with E-state index in [0.717, 1.165) is 38.4 Å². The lowest BCUT2D eigenvalue weighted by Crippen LogP contribution is -2.41. The van der Waals surface area contributed by atoms with E-state index >= 15 is 0 Å². The Bertz CT molecular complexity index is 344. The maximum absolute atomic E-state index is 4.15. The Kier molecular flexibility index (Phi) is 5.07. The van der Waals surface area contributed by atoms with Crippen molar-refractivity contribution < 1.29 is 0 Å². The molecule has 0 radical (unpaired) electrons. The molecule has 1 aliphatic heterocycles. The number of aryl methyl sites for hydroxylation is 1. The molecule has 0 amide bonds. The fourth-order valence-corrected chi connectivity index (χ4v) is 2.42. The van der Waals surface area contributed by atoms with E-state index in [-0.39, 0.29) is 0 Å². The summed E-state index contributed by atoms with van der Waals surface area (Å²) in [5.74, 6) is 0.990. The average molecular weight is 252 g/mol. The standard InChI is InChI=1S/C12H24N6/c1-3-4-9-18-12(14-15-16-18)10-17(2)11-5-7-13-8-6-11/h11,13H,3-10H2,1-2H3. The van der Waals surface area contributed by atoms with Crippen LogP contribution in [-0.2, 0) is 13.1 Å². The molecule has 18 heavy (non-hydrogen) atoms. The third-order valence-corrected chi connectivity index (χ3v) is 3.65. The number of nitrogens with one attached hydrogen (secondary N) is 1. The number of piperidine rings is 1. The topological polar surface area (TPSA) is 58.9 Å². The third-order valence-electron chi connectivity index (χ3n) is 3.65. The van der Waals surface area contributed by atoms with E-state index in [1.807, 2.05) is 4.68 Å². The quantitative estimate of drug-likeness (QED) is 0.806. The molecule has 102 valence electrons. The van der Waals surface area contributed by atoms with Gasteiger partial charge >= 0.3 is 0 Å². The minimum atomic E-state index is 0.655. The van der Waals surface area contributed by atoms with Gasteiger partial charge in [-0.05, 0) is 49.8 Å². The van der Waals surface area contributed by atoms with Crippen LogP contribution in [0, 0.1) is 0 Å². The minimum Gasteiger partial charge on any atom is -0.317 e. The van der Waals surface area contributed by atoms with Crippen LogP contribution in [0.25, 0.3) is 0 Å². The van der Waals surface area contributed by atoms with Crippen LogP contribution in [0.4, 0.5) is 0 Å². The van der Waals surface area contributed by atoms with Gasteiger partial charge in [0.1, 0.15) is 0 Å². The lowest BCUT2D eigenvalue weighted by molar-refractivity contribution is 0.184. The van der Waals surface area contributed by atoms with Crippen molar-refractivity contribution in [3.8, 4) is 0 Å². The molecule has 2 rings (SSSR count). The van der Waals surface area contributed by atoms with Crippen LogP contribution < -0.4 is 5.32 Å². The lowest BCUT2D eigenvalue weighted by Gasteiger charge is -2.31. The van der Waals surface area contributed by atoms with Gasteiger partial charge in [-0.15, -0.1) is 5.10 Å². The van der Waals surface area contributed by atoms with Crippen molar-refractivity contribution in [2.24, 2.45) is 0 Å². The van der Waals surface area contributed by atoms with Crippen LogP contribution in [0.3, 0.4) is 0 Å². The van der Waals surface area contributed by atoms with Gasteiger partial charge in [0.05, 0.1) is 6.54 Å². The second-order valence-electron chi connectivity index (χ2n) is 5.07. The molecular weight excluding hydrogens is 228 g/mol. The van der Waals surface area contributed by atoms with Gasteiger partial charge in [0.2, 0.25) is 0 Å². The van der Waals surface area contributed by atoms with Crippen LogP contribution in [0.2, 0.25) is 0 Å². The summed E-state index contributed by atoms with van der Waals surface area (Å²) in [5.41, 5.74) is 0. The molecule has 0 saturated carbocycles. The number of unbranched alkanes of at least 4 members (excludes halogenated alkanes) is 1. The van der Waals surface area contributed by atoms with Crippen LogP contribution in [0.15, 0.2) is 0 Å². The molecule has 1 N–H and O–H groups in total. The largest absolute Gasteiger partial charge is 0.317 e. The molecule has 0 bridgehead atoms. The van der Waals surface area contributed by atoms with Crippen LogP contribution >= 0.6 is 0 Å². The van der Waals surface area contributed by atoms with Gasteiger partial charge in [-0.1, -0.05) is 13.3 Å². The van der Waals surface area contributed by atoms with E-state index in [1.165, 1.54) is 19.3 Å². The predicted octanol–water partition coefficient (Wildman–Crippen LogP) is 0.657. The second-order valence-corrected chi connectivity index (χ2v) is 5.07. The zero-order valence-corrected chi connectivity index (χ0v) is 11.5. The number of hydrogen-bond acceptors (Lipinski definition) is 5. The maximum Gasteiger partial charge on any atom is 0.165 e. The molecule has 1 aromatic rings. The van der Waals surface area contributed by atoms with E-state index < -0.39 is 0 Å². The van der Waals surface area contributed by atoms with Crippen molar-refractivity contribution in [3.05, 3.63) is 5.82 Å². The molecule has 1 aromatic heterocycles. The van der Waals surface area contributed by atoms with Gasteiger partial charge in [0, 0.05) is 12.6 Å². The maximum atomic E-state index is 4.15. The second kappa shape index (κ2) is 6.80. The van der Waals surface area contributed by atoms with Crippen LogP contribution in [0.1, 0.15) is 38.4 Å². The molecule has 6 heteroatoms. The van der Waals surface area contributed by atoms with E-state index in [0.29, 0.717) is 6.04 Å². The Labute approximate surface area is 109 Å². The van der Waals surface area contributed by atoms with Crippen LogP contribution in [-0.4, -0.2) is 51.3 Å².